The van der Waals surface area contributed by atoms with Crippen LogP contribution < -0.4 is 0 Å². The largest absolute Gasteiger partial charge is 0.433 e. The molecule has 2 rings (SSSR count). The lowest BCUT2D eigenvalue weighted by atomic mass is 10.1. The van der Waals surface area contributed by atoms with Gasteiger partial charge in [0.25, 0.3) is 0 Å². The predicted octanol–water partition coefficient (Wildman–Crippen LogP) is 4.03. The summed E-state index contributed by atoms with van der Waals surface area (Å²) in [7, 11) is 0. The first-order chi connectivity index (χ1) is 9.27. The summed E-state index contributed by atoms with van der Waals surface area (Å²) < 4.78 is 37.8. The molecule has 2 aromatic rings. The van der Waals surface area contributed by atoms with Gasteiger partial charge in [-0.3, -0.25) is 4.79 Å². The van der Waals surface area contributed by atoms with Gasteiger partial charge in [-0.25, -0.2) is 9.97 Å². The van der Waals surface area contributed by atoms with E-state index in [0.717, 1.165) is 0 Å². The molecule has 20 heavy (non-hydrogen) atoms. The van der Waals surface area contributed by atoms with Crippen molar-refractivity contribution in [3.05, 3.63) is 57.6 Å². The number of hydrogen-bond donors (Lipinski definition) is 0. The van der Waals surface area contributed by atoms with Gasteiger partial charge in [0.05, 0.1) is 0 Å². The third kappa shape index (κ3) is 3.26. The molecule has 0 fully saturated rings. The van der Waals surface area contributed by atoms with E-state index in [1.165, 1.54) is 24.3 Å². The van der Waals surface area contributed by atoms with Crippen molar-refractivity contribution in [2.24, 2.45) is 0 Å². The van der Waals surface area contributed by atoms with E-state index in [-0.39, 0.29) is 10.6 Å². The molecule has 1 aromatic carbocycles. The Kier molecular flexibility index (Phi) is 3.96. The first-order valence-electron chi connectivity index (χ1n) is 5.19. The van der Waals surface area contributed by atoms with Gasteiger partial charge >= 0.3 is 6.18 Å². The van der Waals surface area contributed by atoms with Crippen molar-refractivity contribution in [1.29, 1.82) is 0 Å². The average molecular weight is 321 g/mol. The highest BCUT2D eigenvalue weighted by atomic mass is 35.5. The molecule has 1 aromatic heterocycles. The van der Waals surface area contributed by atoms with E-state index in [4.69, 9.17) is 23.2 Å². The fraction of sp³-hybridized carbons (Fsp3) is 0.0833. The van der Waals surface area contributed by atoms with E-state index in [1.807, 2.05) is 0 Å². The zero-order valence-corrected chi connectivity index (χ0v) is 11.1. The number of carbonyl (C=O) groups excluding carboxylic acids is 1. The summed E-state index contributed by atoms with van der Waals surface area (Å²) in [4.78, 5) is 18.7. The molecule has 104 valence electrons. The van der Waals surface area contributed by atoms with Crippen molar-refractivity contribution in [3.63, 3.8) is 0 Å². The molecule has 0 aliphatic heterocycles. The summed E-state index contributed by atoms with van der Waals surface area (Å²) in [5.74, 6) is -1.42. The molecule has 8 heteroatoms. The average Bonchev–Trinajstić information content (AvgIpc) is 2.36. The van der Waals surface area contributed by atoms with Gasteiger partial charge in [0.15, 0.2) is 0 Å². The molecule has 0 unspecified atom stereocenters. The van der Waals surface area contributed by atoms with E-state index >= 15 is 0 Å². The molecule has 0 radical (unpaired) electrons. The lowest BCUT2D eigenvalue weighted by Gasteiger charge is -2.07. The summed E-state index contributed by atoms with van der Waals surface area (Å²) in [5.41, 5.74) is -1.20. The SMILES string of the molecule is O=C(c1cccc(Cl)c1)c1nc(Cl)cc(C(F)(F)F)n1. The fourth-order valence-corrected chi connectivity index (χ4v) is 1.80. The number of nitrogens with zero attached hydrogens (tertiary/aromatic N) is 2. The summed E-state index contributed by atoms with van der Waals surface area (Å²) in [6.07, 6.45) is -4.71. The van der Waals surface area contributed by atoms with Crippen molar-refractivity contribution < 1.29 is 18.0 Å². The highest BCUT2D eigenvalue weighted by Crippen LogP contribution is 2.29. The Hall–Kier alpha value is -1.66. The lowest BCUT2D eigenvalue weighted by Crippen LogP contribution is -2.14. The van der Waals surface area contributed by atoms with Gasteiger partial charge in [-0.15, -0.1) is 0 Å². The third-order valence-electron chi connectivity index (χ3n) is 2.28. The van der Waals surface area contributed by atoms with E-state index in [9.17, 15) is 18.0 Å². The van der Waals surface area contributed by atoms with Crippen LogP contribution in [-0.4, -0.2) is 15.8 Å². The van der Waals surface area contributed by atoms with Crippen LogP contribution in [0.3, 0.4) is 0 Å². The number of halogens is 5. The normalized spacial score (nSPS) is 11.4. The molecule has 0 N–H and O–H groups in total. The number of rotatable bonds is 2. The molecule has 0 saturated heterocycles. The summed E-state index contributed by atoms with van der Waals surface area (Å²) in [5, 5.41) is -0.188. The Morgan fingerprint density at radius 1 is 1.10 bits per heavy atom. The van der Waals surface area contributed by atoms with Crippen LogP contribution in [0.5, 0.6) is 0 Å². The first-order valence-corrected chi connectivity index (χ1v) is 5.95. The maximum atomic E-state index is 12.6. The zero-order chi connectivity index (χ0) is 14.9. The van der Waals surface area contributed by atoms with Crippen LogP contribution in [0.4, 0.5) is 13.2 Å². The summed E-state index contributed by atoms with van der Waals surface area (Å²) in [6.45, 7) is 0. The van der Waals surface area contributed by atoms with Gasteiger partial charge in [-0.2, -0.15) is 13.2 Å². The number of aromatic nitrogens is 2. The van der Waals surface area contributed by atoms with Crippen LogP contribution in [0.2, 0.25) is 10.2 Å². The van der Waals surface area contributed by atoms with Gasteiger partial charge in [0.1, 0.15) is 10.8 Å². The van der Waals surface area contributed by atoms with E-state index in [2.05, 4.69) is 9.97 Å². The minimum atomic E-state index is -4.71. The number of alkyl halides is 3. The van der Waals surface area contributed by atoms with Gasteiger partial charge in [-0.05, 0) is 12.1 Å². The lowest BCUT2D eigenvalue weighted by molar-refractivity contribution is -0.141. The third-order valence-corrected chi connectivity index (χ3v) is 2.70. The Labute approximate surface area is 121 Å². The minimum Gasteiger partial charge on any atom is -0.285 e. The molecule has 0 aliphatic carbocycles. The molecular formula is C12H5Cl2F3N2O. The number of hydrogen-bond acceptors (Lipinski definition) is 3. The molecule has 0 aliphatic rings. The van der Waals surface area contributed by atoms with Crippen molar-refractivity contribution in [2.75, 3.05) is 0 Å². The molecule has 0 atom stereocenters. The quantitative estimate of drug-likeness (QED) is 0.619. The number of ketones is 1. The standard InChI is InChI=1S/C12H5Cl2F3N2O/c13-7-3-1-2-6(4-7)10(20)11-18-8(12(15,16)17)5-9(14)19-11/h1-5H. The van der Waals surface area contributed by atoms with Crippen LogP contribution in [-0.2, 0) is 6.18 Å². The second-order valence-electron chi connectivity index (χ2n) is 3.74. The minimum absolute atomic E-state index is 0.0768. The van der Waals surface area contributed by atoms with E-state index < -0.39 is 28.6 Å². The predicted molar refractivity (Wildman–Crippen MR) is 66.9 cm³/mol. The molecule has 0 saturated carbocycles. The Bertz CT molecular complexity index is 674. The van der Waals surface area contributed by atoms with Crippen molar-refractivity contribution in [1.82, 2.24) is 9.97 Å². The molecule has 0 bridgehead atoms. The maximum absolute atomic E-state index is 12.6. The highest BCUT2D eigenvalue weighted by molar-refractivity contribution is 6.31. The van der Waals surface area contributed by atoms with E-state index in [0.29, 0.717) is 6.07 Å². The van der Waals surface area contributed by atoms with Gasteiger partial charge in [-0.1, -0.05) is 35.3 Å². The fourth-order valence-electron chi connectivity index (χ4n) is 1.42. The van der Waals surface area contributed by atoms with Crippen LogP contribution in [0.25, 0.3) is 0 Å². The molecule has 0 amide bonds. The van der Waals surface area contributed by atoms with Crippen LogP contribution in [0.15, 0.2) is 30.3 Å². The van der Waals surface area contributed by atoms with Crippen molar-refractivity contribution in [3.8, 4) is 0 Å². The zero-order valence-electron chi connectivity index (χ0n) is 9.58. The second-order valence-corrected chi connectivity index (χ2v) is 4.56. The smallest absolute Gasteiger partial charge is 0.285 e. The molecule has 1 heterocycles. The molecular weight excluding hydrogens is 316 g/mol. The van der Waals surface area contributed by atoms with Crippen LogP contribution >= 0.6 is 23.2 Å². The van der Waals surface area contributed by atoms with Crippen LogP contribution in [0.1, 0.15) is 21.9 Å². The van der Waals surface area contributed by atoms with Gasteiger partial charge in [0.2, 0.25) is 11.6 Å². The summed E-state index contributed by atoms with van der Waals surface area (Å²) in [6, 6.07) is 6.27. The first kappa shape index (κ1) is 14.7. The molecule has 0 spiro atoms. The number of carbonyl (C=O) groups is 1. The van der Waals surface area contributed by atoms with Crippen molar-refractivity contribution >= 4 is 29.0 Å². The van der Waals surface area contributed by atoms with Crippen molar-refractivity contribution in [2.45, 2.75) is 6.18 Å². The Morgan fingerprint density at radius 2 is 1.80 bits per heavy atom. The number of benzene rings is 1. The maximum Gasteiger partial charge on any atom is 0.433 e. The second kappa shape index (κ2) is 5.38. The topological polar surface area (TPSA) is 42.9 Å². The van der Waals surface area contributed by atoms with E-state index in [1.54, 1.807) is 0 Å². The Morgan fingerprint density at radius 3 is 2.40 bits per heavy atom. The van der Waals surface area contributed by atoms with Crippen LogP contribution in [0, 0.1) is 0 Å². The van der Waals surface area contributed by atoms with Gasteiger partial charge in [0, 0.05) is 16.7 Å². The monoisotopic (exact) mass is 320 g/mol. The summed E-state index contributed by atoms with van der Waals surface area (Å²) >= 11 is 11.2. The van der Waals surface area contributed by atoms with Gasteiger partial charge < -0.3 is 0 Å². The Balaban J connectivity index is 2.48. The molecule has 3 nitrogen and oxygen atoms in total. The highest BCUT2D eigenvalue weighted by Gasteiger charge is 2.34.